The normalized spacial score (nSPS) is 28.2. The topological polar surface area (TPSA) is 81.0 Å². The number of hydrogen-bond donors (Lipinski definition) is 1. The third kappa shape index (κ3) is 2.84. The second-order valence-corrected chi connectivity index (χ2v) is 16.4. The van der Waals surface area contributed by atoms with Gasteiger partial charge in [-0.25, -0.2) is 12.4 Å². The highest BCUT2D eigenvalue weighted by Gasteiger charge is 2.73. The van der Waals surface area contributed by atoms with Crippen LogP contribution in [0.25, 0.3) is 43.9 Å². The number of rotatable bonds is 4. The van der Waals surface area contributed by atoms with E-state index in [1.54, 1.807) is 11.1 Å². The van der Waals surface area contributed by atoms with Gasteiger partial charge in [0.25, 0.3) is 0 Å². The molecule has 1 aromatic heterocycles. The van der Waals surface area contributed by atoms with Crippen LogP contribution >= 0.6 is 0 Å². The van der Waals surface area contributed by atoms with Crippen LogP contribution in [0.15, 0.2) is 60.7 Å². The zero-order chi connectivity index (χ0) is 30.9. The fourth-order valence-corrected chi connectivity index (χ4v) is 11.6. The van der Waals surface area contributed by atoms with Gasteiger partial charge in [-0.15, -0.1) is 0 Å². The first-order valence-corrected chi connectivity index (χ1v) is 18.4. The zero-order valence-electron chi connectivity index (χ0n) is 25.8. The fraction of sp³-hybridized carbons (Fsp3) is 0.368. The fourth-order valence-electron chi connectivity index (χ4n) is 10.6. The molecule has 1 saturated heterocycles. The van der Waals surface area contributed by atoms with Crippen molar-refractivity contribution in [3.8, 4) is 33.8 Å². The SMILES string of the molecule is COc1ccc2c3c1OC1c4c(c5cc6c7c(cccc7c5n4S(C)(=O)=O)-c4ccccc4-6)CC4(O)[C@@H](C2)N(CC2CC2)CC[C@]314. The molecule has 1 N–H and O–H groups in total. The number of fused-ring (bicyclic) bond motifs is 8. The molecule has 1 spiro atoms. The third-order valence-corrected chi connectivity index (χ3v) is 13.5. The summed E-state index contributed by atoms with van der Waals surface area (Å²) in [7, 11) is -2.15. The Balaban J connectivity index is 1.27. The maximum absolute atomic E-state index is 14.1. The second kappa shape index (κ2) is 8.16. The molecule has 4 atom stereocenters. The van der Waals surface area contributed by atoms with E-state index in [2.05, 4.69) is 53.4 Å². The van der Waals surface area contributed by atoms with E-state index in [-0.39, 0.29) is 6.04 Å². The number of likely N-dealkylation sites (tertiary alicyclic amines) is 1. The van der Waals surface area contributed by atoms with Gasteiger partial charge in [-0.1, -0.05) is 48.5 Å². The van der Waals surface area contributed by atoms with Crippen LogP contribution in [0.5, 0.6) is 11.5 Å². The Kier molecular flexibility index (Phi) is 4.66. The van der Waals surface area contributed by atoms with Crippen LogP contribution in [0.1, 0.15) is 47.8 Å². The van der Waals surface area contributed by atoms with E-state index in [1.807, 2.05) is 12.1 Å². The number of hydrogen-bond acceptors (Lipinski definition) is 6. The molecular weight excluding hydrogens is 596 g/mol. The smallest absolute Gasteiger partial charge is 0.236 e. The van der Waals surface area contributed by atoms with Gasteiger partial charge in [0.2, 0.25) is 10.0 Å². The minimum Gasteiger partial charge on any atom is -0.493 e. The summed E-state index contributed by atoms with van der Waals surface area (Å²) < 4.78 is 42.7. The predicted molar refractivity (Wildman–Crippen MR) is 177 cm³/mol. The number of nitrogens with zero attached hydrogens (tertiary/aromatic N) is 2. The summed E-state index contributed by atoms with van der Waals surface area (Å²) in [6.07, 6.45) is 4.94. The molecule has 1 saturated carbocycles. The van der Waals surface area contributed by atoms with Crippen molar-refractivity contribution in [3.63, 3.8) is 0 Å². The molecule has 2 aliphatic heterocycles. The minimum atomic E-state index is -3.80. The molecule has 0 radical (unpaired) electrons. The first-order valence-electron chi connectivity index (χ1n) is 16.5. The molecule has 3 heterocycles. The molecule has 5 aromatic rings. The van der Waals surface area contributed by atoms with E-state index in [0.29, 0.717) is 41.5 Å². The molecule has 2 fully saturated rings. The molecule has 6 aliphatic rings. The van der Waals surface area contributed by atoms with Crippen molar-refractivity contribution < 1.29 is 23.0 Å². The van der Waals surface area contributed by atoms with E-state index in [9.17, 15) is 13.5 Å². The van der Waals surface area contributed by atoms with Crippen LogP contribution in [0.3, 0.4) is 0 Å². The van der Waals surface area contributed by atoms with Crippen LogP contribution < -0.4 is 9.47 Å². The summed E-state index contributed by atoms with van der Waals surface area (Å²) >= 11 is 0. The number of aliphatic hydroxyl groups is 1. The molecule has 232 valence electrons. The van der Waals surface area contributed by atoms with Crippen LogP contribution in [0.2, 0.25) is 0 Å². The highest BCUT2D eigenvalue weighted by atomic mass is 32.2. The van der Waals surface area contributed by atoms with Crippen molar-refractivity contribution >= 4 is 31.7 Å². The third-order valence-electron chi connectivity index (χ3n) is 12.4. The Morgan fingerprint density at radius 3 is 2.54 bits per heavy atom. The highest BCUT2D eigenvalue weighted by molar-refractivity contribution is 7.89. The first-order chi connectivity index (χ1) is 22.2. The van der Waals surface area contributed by atoms with Gasteiger partial charge in [0, 0.05) is 35.3 Å². The summed E-state index contributed by atoms with van der Waals surface area (Å²) in [6.45, 7) is 1.85. The standard InChI is InChI=1S/C38H34N2O5S/c1-44-29-13-12-21-16-30-38(41)18-28-27-17-26-23-7-4-3-6-22(23)24-8-5-9-25(31(24)26)33(27)40(46(2,42)43)34(28)36-37(38,32(21)35(29)45-36)14-15-39(30)19-20-10-11-20/h3-9,12-13,17,20,30,36,41H,10-11,14-16,18-19H2,1-2H3/t30-,36?,37+,38?/m1/s1. The molecule has 11 rings (SSSR count). The lowest BCUT2D eigenvalue weighted by Gasteiger charge is -2.62. The van der Waals surface area contributed by atoms with E-state index in [0.717, 1.165) is 63.5 Å². The number of aromatic nitrogens is 1. The molecular formula is C38H34N2O5S. The average molecular weight is 631 g/mol. The van der Waals surface area contributed by atoms with E-state index in [4.69, 9.17) is 9.47 Å². The van der Waals surface area contributed by atoms with Crippen molar-refractivity contribution in [2.24, 2.45) is 5.92 Å². The van der Waals surface area contributed by atoms with Gasteiger partial charge >= 0.3 is 0 Å². The van der Waals surface area contributed by atoms with Crippen molar-refractivity contribution in [2.45, 2.75) is 55.3 Å². The Bertz CT molecular complexity index is 2360. The number of methoxy groups -OCH3 is 1. The zero-order valence-corrected chi connectivity index (χ0v) is 26.7. The Morgan fingerprint density at radius 2 is 1.78 bits per heavy atom. The van der Waals surface area contributed by atoms with Crippen LogP contribution in [-0.2, 0) is 28.3 Å². The summed E-state index contributed by atoms with van der Waals surface area (Å²) in [5.74, 6) is 1.99. The van der Waals surface area contributed by atoms with Crippen LogP contribution in [0.4, 0.5) is 0 Å². The van der Waals surface area contributed by atoms with Gasteiger partial charge < -0.3 is 14.6 Å². The predicted octanol–water partition coefficient (Wildman–Crippen LogP) is 5.96. The maximum atomic E-state index is 14.1. The molecule has 4 aromatic carbocycles. The number of benzene rings is 4. The Hall–Kier alpha value is -3.85. The Labute approximate surface area is 267 Å². The van der Waals surface area contributed by atoms with Crippen molar-refractivity contribution in [3.05, 3.63) is 83.0 Å². The number of ether oxygens (including phenoxy) is 2. The van der Waals surface area contributed by atoms with Gasteiger partial charge in [-0.2, -0.15) is 0 Å². The minimum absolute atomic E-state index is 0.0903. The molecule has 8 heteroatoms. The molecule has 2 bridgehead atoms. The highest BCUT2D eigenvalue weighted by Crippen LogP contribution is 2.70. The monoisotopic (exact) mass is 630 g/mol. The van der Waals surface area contributed by atoms with Gasteiger partial charge in [0.05, 0.1) is 35.6 Å². The average Bonchev–Trinajstić information content (AvgIpc) is 3.58. The largest absolute Gasteiger partial charge is 0.493 e. The molecule has 4 aliphatic carbocycles. The van der Waals surface area contributed by atoms with Crippen LogP contribution in [0, 0.1) is 5.92 Å². The summed E-state index contributed by atoms with van der Waals surface area (Å²) in [6, 6.07) is 20.9. The summed E-state index contributed by atoms with van der Waals surface area (Å²) in [5, 5.41) is 16.4. The van der Waals surface area contributed by atoms with Gasteiger partial charge in [-0.05, 0) is 89.0 Å². The van der Waals surface area contributed by atoms with E-state index in [1.165, 1.54) is 30.2 Å². The van der Waals surface area contributed by atoms with Crippen molar-refractivity contribution in [1.82, 2.24) is 8.87 Å². The van der Waals surface area contributed by atoms with E-state index >= 15 is 0 Å². The first kappa shape index (κ1) is 26.2. The molecule has 2 unspecified atom stereocenters. The molecule has 0 amide bonds. The van der Waals surface area contributed by atoms with Crippen molar-refractivity contribution in [2.75, 3.05) is 26.5 Å². The van der Waals surface area contributed by atoms with Gasteiger partial charge in [0.1, 0.15) is 0 Å². The van der Waals surface area contributed by atoms with E-state index < -0.39 is 27.1 Å². The maximum Gasteiger partial charge on any atom is 0.236 e. The lowest BCUT2D eigenvalue weighted by Crippen LogP contribution is -2.74. The van der Waals surface area contributed by atoms with Crippen molar-refractivity contribution in [1.29, 1.82) is 0 Å². The number of piperidine rings is 1. The lowest BCUT2D eigenvalue weighted by molar-refractivity contribution is -0.173. The second-order valence-electron chi connectivity index (χ2n) is 14.6. The quantitative estimate of drug-likeness (QED) is 0.259. The Morgan fingerprint density at radius 1 is 1.00 bits per heavy atom. The molecule has 7 nitrogen and oxygen atoms in total. The molecule has 46 heavy (non-hydrogen) atoms. The summed E-state index contributed by atoms with van der Waals surface area (Å²) in [4.78, 5) is 2.55. The van der Waals surface area contributed by atoms with Crippen LogP contribution in [-0.4, -0.2) is 60.5 Å². The van der Waals surface area contributed by atoms with Gasteiger partial charge in [0.15, 0.2) is 17.6 Å². The summed E-state index contributed by atoms with van der Waals surface area (Å²) in [5.41, 5.74) is 7.10. The lowest BCUT2D eigenvalue weighted by atomic mass is 9.49. The van der Waals surface area contributed by atoms with Gasteiger partial charge in [-0.3, -0.25) is 4.90 Å².